The van der Waals surface area contributed by atoms with Gasteiger partial charge in [-0.05, 0) is 48.9 Å². The van der Waals surface area contributed by atoms with Crippen LogP contribution in [0.5, 0.6) is 0 Å². The fraction of sp³-hybridized carbons (Fsp3) is 0.375. The second kappa shape index (κ2) is 5.48. The van der Waals surface area contributed by atoms with Gasteiger partial charge in [0.2, 0.25) is 0 Å². The first-order valence-electron chi connectivity index (χ1n) is 7.19. The Morgan fingerprint density at radius 2 is 2.24 bits per heavy atom. The predicted molar refractivity (Wildman–Crippen MR) is 83.9 cm³/mol. The lowest BCUT2D eigenvalue weighted by molar-refractivity contribution is 0.0655. The van der Waals surface area contributed by atoms with Gasteiger partial charge in [0.15, 0.2) is 0 Å². The lowest BCUT2D eigenvalue weighted by Crippen LogP contribution is -2.41. The third kappa shape index (κ3) is 2.42. The van der Waals surface area contributed by atoms with Crippen LogP contribution in [-0.2, 0) is 6.42 Å². The summed E-state index contributed by atoms with van der Waals surface area (Å²) in [5.74, 6) is -0.167. The molecule has 0 saturated heterocycles. The number of rotatable bonds is 2. The predicted octanol–water partition coefficient (Wildman–Crippen LogP) is 2.89. The Balaban J connectivity index is 1.96. The number of carbonyl (C=O) groups excluding carboxylic acids is 1. The fourth-order valence-electron chi connectivity index (χ4n) is 2.97. The minimum atomic E-state index is -0.300. The summed E-state index contributed by atoms with van der Waals surface area (Å²) in [6.45, 7) is 4.57. The first kappa shape index (κ1) is 14.1. The molecule has 2 aromatic rings. The third-order valence-corrected chi connectivity index (χ3v) is 5.02. The molecule has 21 heavy (non-hydrogen) atoms. The summed E-state index contributed by atoms with van der Waals surface area (Å²) in [6.07, 6.45) is 1.73. The number of thiophene rings is 1. The highest BCUT2D eigenvalue weighted by Crippen LogP contribution is 2.35. The zero-order valence-corrected chi connectivity index (χ0v) is 13.0. The van der Waals surface area contributed by atoms with Crippen molar-refractivity contribution in [3.63, 3.8) is 0 Å². The highest BCUT2D eigenvalue weighted by Gasteiger charge is 2.31. The molecule has 1 aliphatic rings. The van der Waals surface area contributed by atoms with Crippen LogP contribution in [0.2, 0.25) is 0 Å². The molecule has 1 amide bonds. The minimum absolute atomic E-state index is 0.0770. The van der Waals surface area contributed by atoms with Crippen LogP contribution in [0, 0.1) is 6.92 Å². The SMILES string of the molecule is CC[C@H]1c2ccsc2CCN1C(=O)c1ccc(C)[nH]c1=O. The molecule has 0 aromatic carbocycles. The Labute approximate surface area is 127 Å². The number of carbonyl (C=O) groups is 1. The molecule has 110 valence electrons. The van der Waals surface area contributed by atoms with Crippen LogP contribution in [0.25, 0.3) is 0 Å². The number of hydrogen-bond acceptors (Lipinski definition) is 3. The van der Waals surface area contributed by atoms with E-state index in [0.29, 0.717) is 6.54 Å². The van der Waals surface area contributed by atoms with Crippen LogP contribution in [0.15, 0.2) is 28.4 Å². The molecule has 0 spiro atoms. The monoisotopic (exact) mass is 302 g/mol. The summed E-state index contributed by atoms with van der Waals surface area (Å²) in [4.78, 5) is 30.7. The van der Waals surface area contributed by atoms with Crippen LogP contribution in [0.4, 0.5) is 0 Å². The number of H-pyrrole nitrogens is 1. The molecule has 3 heterocycles. The Bertz CT molecular complexity index is 732. The van der Waals surface area contributed by atoms with Gasteiger partial charge < -0.3 is 9.88 Å². The van der Waals surface area contributed by atoms with Gasteiger partial charge in [0.1, 0.15) is 5.56 Å². The maximum Gasteiger partial charge on any atom is 0.260 e. The summed E-state index contributed by atoms with van der Waals surface area (Å²) in [5, 5.41) is 2.08. The fourth-order valence-corrected chi connectivity index (χ4v) is 3.90. The number of aryl methyl sites for hydroxylation is 1. The molecule has 0 saturated carbocycles. The molecule has 4 nitrogen and oxygen atoms in total. The van der Waals surface area contributed by atoms with Gasteiger partial charge >= 0.3 is 0 Å². The van der Waals surface area contributed by atoms with Gasteiger partial charge in [-0.15, -0.1) is 11.3 Å². The van der Waals surface area contributed by atoms with Crippen molar-refractivity contribution in [1.29, 1.82) is 0 Å². The van der Waals surface area contributed by atoms with E-state index in [2.05, 4.69) is 23.4 Å². The Kier molecular flexibility index (Phi) is 3.68. The van der Waals surface area contributed by atoms with E-state index in [0.717, 1.165) is 18.5 Å². The number of amides is 1. The van der Waals surface area contributed by atoms with Crippen molar-refractivity contribution >= 4 is 17.2 Å². The number of nitrogens with zero attached hydrogens (tertiary/aromatic N) is 1. The number of hydrogen-bond donors (Lipinski definition) is 1. The normalized spacial score (nSPS) is 17.6. The summed E-state index contributed by atoms with van der Waals surface area (Å²) >= 11 is 1.75. The van der Waals surface area contributed by atoms with E-state index < -0.39 is 0 Å². The van der Waals surface area contributed by atoms with Gasteiger partial charge in [-0.1, -0.05) is 6.92 Å². The number of aromatic nitrogens is 1. The molecule has 2 aromatic heterocycles. The Morgan fingerprint density at radius 1 is 1.43 bits per heavy atom. The van der Waals surface area contributed by atoms with E-state index in [-0.39, 0.29) is 23.1 Å². The van der Waals surface area contributed by atoms with Crippen molar-refractivity contribution in [2.75, 3.05) is 6.54 Å². The van der Waals surface area contributed by atoms with E-state index in [9.17, 15) is 9.59 Å². The summed E-state index contributed by atoms with van der Waals surface area (Å²) in [7, 11) is 0. The number of pyridine rings is 1. The third-order valence-electron chi connectivity index (χ3n) is 4.03. The van der Waals surface area contributed by atoms with Crippen molar-refractivity contribution < 1.29 is 4.79 Å². The van der Waals surface area contributed by atoms with Gasteiger partial charge in [0.25, 0.3) is 11.5 Å². The average Bonchev–Trinajstić information content (AvgIpc) is 2.94. The lowest BCUT2D eigenvalue weighted by atomic mass is 9.97. The molecule has 3 rings (SSSR count). The van der Waals surface area contributed by atoms with Gasteiger partial charge in [-0.3, -0.25) is 9.59 Å². The van der Waals surface area contributed by atoms with E-state index in [4.69, 9.17) is 0 Å². The average molecular weight is 302 g/mol. The van der Waals surface area contributed by atoms with Crippen molar-refractivity contribution in [2.45, 2.75) is 32.7 Å². The molecule has 1 aliphatic heterocycles. The maximum atomic E-state index is 12.7. The van der Waals surface area contributed by atoms with Gasteiger partial charge in [-0.25, -0.2) is 0 Å². The maximum absolute atomic E-state index is 12.7. The molecule has 5 heteroatoms. The smallest absolute Gasteiger partial charge is 0.260 e. The van der Waals surface area contributed by atoms with E-state index in [1.807, 2.05) is 11.8 Å². The topological polar surface area (TPSA) is 53.2 Å². The van der Waals surface area contributed by atoms with E-state index in [1.54, 1.807) is 23.5 Å². The molecular weight excluding hydrogens is 284 g/mol. The molecule has 0 unspecified atom stereocenters. The van der Waals surface area contributed by atoms with Gasteiger partial charge in [0.05, 0.1) is 6.04 Å². The van der Waals surface area contributed by atoms with Crippen LogP contribution < -0.4 is 5.56 Å². The standard InChI is InChI=1S/C16H18N2O2S/c1-3-13-11-7-9-21-14(11)6-8-18(13)16(20)12-5-4-10(2)17-15(12)19/h4-5,7,9,13H,3,6,8H2,1-2H3,(H,17,19)/t13-/m0/s1. The van der Waals surface area contributed by atoms with Crippen molar-refractivity contribution in [3.05, 3.63) is 55.6 Å². The van der Waals surface area contributed by atoms with Crippen LogP contribution in [0.1, 0.15) is 45.9 Å². The summed E-state index contributed by atoms with van der Waals surface area (Å²) in [5.41, 5.74) is 1.94. The largest absolute Gasteiger partial charge is 0.331 e. The Morgan fingerprint density at radius 3 is 2.95 bits per heavy atom. The molecule has 1 atom stereocenters. The van der Waals surface area contributed by atoms with Crippen molar-refractivity contribution in [1.82, 2.24) is 9.88 Å². The minimum Gasteiger partial charge on any atom is -0.331 e. The molecule has 0 aliphatic carbocycles. The first-order valence-corrected chi connectivity index (χ1v) is 8.07. The second-order valence-electron chi connectivity index (χ2n) is 5.36. The highest BCUT2D eigenvalue weighted by atomic mass is 32.1. The number of nitrogens with one attached hydrogen (secondary N) is 1. The zero-order chi connectivity index (χ0) is 15.0. The van der Waals surface area contributed by atoms with Crippen LogP contribution >= 0.6 is 11.3 Å². The lowest BCUT2D eigenvalue weighted by Gasteiger charge is -2.35. The highest BCUT2D eigenvalue weighted by molar-refractivity contribution is 7.10. The van der Waals surface area contributed by atoms with Gasteiger partial charge in [-0.2, -0.15) is 0 Å². The molecule has 0 bridgehead atoms. The van der Waals surface area contributed by atoms with E-state index in [1.165, 1.54) is 10.4 Å². The first-order chi connectivity index (χ1) is 10.1. The van der Waals surface area contributed by atoms with E-state index >= 15 is 0 Å². The number of fused-ring (bicyclic) bond motifs is 1. The quantitative estimate of drug-likeness (QED) is 0.927. The molecular formula is C16H18N2O2S. The Hall–Kier alpha value is -1.88. The van der Waals surface area contributed by atoms with Gasteiger partial charge in [0, 0.05) is 17.1 Å². The van der Waals surface area contributed by atoms with Crippen molar-refractivity contribution in [3.8, 4) is 0 Å². The molecule has 0 fully saturated rings. The summed E-state index contributed by atoms with van der Waals surface area (Å²) in [6, 6.07) is 5.59. The second-order valence-corrected chi connectivity index (χ2v) is 6.36. The zero-order valence-electron chi connectivity index (χ0n) is 12.2. The summed E-state index contributed by atoms with van der Waals surface area (Å²) < 4.78 is 0. The van der Waals surface area contributed by atoms with Crippen LogP contribution in [-0.4, -0.2) is 22.3 Å². The number of aromatic amines is 1. The molecule has 1 N–H and O–H groups in total. The van der Waals surface area contributed by atoms with Crippen LogP contribution in [0.3, 0.4) is 0 Å². The van der Waals surface area contributed by atoms with Crippen molar-refractivity contribution in [2.24, 2.45) is 0 Å². The molecule has 0 radical (unpaired) electrons.